The van der Waals surface area contributed by atoms with Gasteiger partial charge in [0, 0.05) is 24.4 Å². The topological polar surface area (TPSA) is 53.8 Å². The standard InChI is InChI=1S/C21H25ClN4O2S/c1-24-10-7-15(8-11-24)26(21(27)19-4-3-13-29-19)20-9-12-25(23-20)18-14-16(28-2)5-6-17(18)22/h3-6,9,12-15,21,27H,7-8,10-11H2,1-2H3. The lowest BCUT2D eigenvalue weighted by Gasteiger charge is -2.39. The van der Waals surface area contributed by atoms with Crippen LogP contribution in [0.3, 0.4) is 0 Å². The van der Waals surface area contributed by atoms with Crippen LogP contribution in [0.15, 0.2) is 48.0 Å². The third kappa shape index (κ3) is 4.28. The molecule has 1 aliphatic rings. The minimum Gasteiger partial charge on any atom is -0.497 e. The number of aromatic nitrogens is 2. The highest BCUT2D eigenvalue weighted by atomic mass is 35.5. The number of aliphatic hydroxyl groups excluding tert-OH is 1. The molecule has 154 valence electrons. The number of methoxy groups -OCH3 is 1. The number of piperidine rings is 1. The van der Waals surface area contributed by atoms with Gasteiger partial charge in [-0.1, -0.05) is 17.7 Å². The maximum atomic E-state index is 11.2. The number of hydrogen-bond donors (Lipinski definition) is 1. The van der Waals surface area contributed by atoms with Gasteiger partial charge >= 0.3 is 0 Å². The number of hydrogen-bond acceptors (Lipinski definition) is 6. The zero-order chi connectivity index (χ0) is 20.4. The zero-order valence-corrected chi connectivity index (χ0v) is 18.1. The smallest absolute Gasteiger partial charge is 0.164 e. The van der Waals surface area contributed by atoms with Gasteiger partial charge in [0.05, 0.1) is 22.7 Å². The molecule has 3 aromatic rings. The SMILES string of the molecule is COc1ccc(Cl)c(-n2ccc(N(C3CCN(C)CC3)C(O)c3cccs3)n2)c1. The molecular formula is C21H25ClN4O2S. The van der Waals surface area contributed by atoms with Crippen LogP contribution >= 0.6 is 22.9 Å². The molecule has 1 saturated heterocycles. The van der Waals surface area contributed by atoms with Gasteiger partial charge in [0.25, 0.3) is 0 Å². The zero-order valence-electron chi connectivity index (χ0n) is 16.5. The van der Waals surface area contributed by atoms with E-state index in [9.17, 15) is 5.11 Å². The Balaban J connectivity index is 1.68. The second-order valence-electron chi connectivity index (χ2n) is 7.27. The number of rotatable bonds is 6. The van der Waals surface area contributed by atoms with E-state index in [1.165, 1.54) is 0 Å². The molecule has 2 aromatic heterocycles. The highest BCUT2D eigenvalue weighted by molar-refractivity contribution is 7.10. The highest BCUT2D eigenvalue weighted by Gasteiger charge is 2.31. The number of ether oxygens (including phenoxy) is 1. The summed E-state index contributed by atoms with van der Waals surface area (Å²) in [5, 5.41) is 18.5. The molecule has 1 aliphatic heterocycles. The first kappa shape index (κ1) is 20.2. The summed E-state index contributed by atoms with van der Waals surface area (Å²) in [6, 6.07) is 11.6. The van der Waals surface area contributed by atoms with Crippen LogP contribution in [0.25, 0.3) is 5.69 Å². The number of aliphatic hydroxyl groups is 1. The Morgan fingerprint density at radius 2 is 2.07 bits per heavy atom. The summed E-state index contributed by atoms with van der Waals surface area (Å²) in [5.74, 6) is 1.45. The molecular weight excluding hydrogens is 408 g/mol. The van der Waals surface area contributed by atoms with E-state index < -0.39 is 6.23 Å². The molecule has 0 spiro atoms. The summed E-state index contributed by atoms with van der Waals surface area (Å²) in [4.78, 5) is 5.28. The van der Waals surface area contributed by atoms with Gasteiger partial charge in [-0.3, -0.25) is 0 Å². The van der Waals surface area contributed by atoms with Crippen molar-refractivity contribution in [1.29, 1.82) is 0 Å². The number of halogens is 1. The van der Waals surface area contributed by atoms with Crippen molar-refractivity contribution >= 4 is 28.8 Å². The quantitative estimate of drug-likeness (QED) is 0.592. The Morgan fingerprint density at radius 3 is 2.76 bits per heavy atom. The summed E-state index contributed by atoms with van der Waals surface area (Å²) in [7, 11) is 3.76. The highest BCUT2D eigenvalue weighted by Crippen LogP contribution is 2.33. The van der Waals surface area contributed by atoms with Gasteiger partial charge in [-0.15, -0.1) is 11.3 Å². The number of benzene rings is 1. The lowest BCUT2D eigenvalue weighted by molar-refractivity contribution is 0.142. The summed E-state index contributed by atoms with van der Waals surface area (Å²) in [6.07, 6.45) is 3.10. The second kappa shape index (κ2) is 8.75. The Hall–Kier alpha value is -2.06. The van der Waals surface area contributed by atoms with Gasteiger partial charge in [0.1, 0.15) is 5.75 Å². The van der Waals surface area contributed by atoms with Crippen LogP contribution in [0.2, 0.25) is 5.02 Å². The lowest BCUT2D eigenvalue weighted by atomic mass is 10.0. The van der Waals surface area contributed by atoms with E-state index in [1.54, 1.807) is 29.2 Å². The molecule has 6 nitrogen and oxygen atoms in total. The Kier molecular flexibility index (Phi) is 6.10. The summed E-state index contributed by atoms with van der Waals surface area (Å²) >= 11 is 7.96. The van der Waals surface area contributed by atoms with Crippen LogP contribution in [0.4, 0.5) is 5.82 Å². The Bertz CT molecular complexity index is 938. The van der Waals surface area contributed by atoms with E-state index in [1.807, 2.05) is 46.8 Å². The fourth-order valence-corrected chi connectivity index (χ4v) is 4.65. The summed E-state index contributed by atoms with van der Waals surface area (Å²) in [5.41, 5.74) is 0.742. The maximum absolute atomic E-state index is 11.2. The maximum Gasteiger partial charge on any atom is 0.164 e. The van der Waals surface area contributed by atoms with Gasteiger partial charge < -0.3 is 19.6 Å². The summed E-state index contributed by atoms with van der Waals surface area (Å²) in [6.45, 7) is 2.00. The second-order valence-corrected chi connectivity index (χ2v) is 8.65. The van der Waals surface area contributed by atoms with Crippen molar-refractivity contribution < 1.29 is 9.84 Å². The van der Waals surface area contributed by atoms with Crippen molar-refractivity contribution in [2.75, 3.05) is 32.1 Å². The van der Waals surface area contributed by atoms with Crippen molar-refractivity contribution in [3.8, 4) is 11.4 Å². The first-order valence-corrected chi connectivity index (χ1v) is 10.9. The largest absolute Gasteiger partial charge is 0.497 e. The molecule has 1 fully saturated rings. The number of nitrogens with zero attached hydrogens (tertiary/aromatic N) is 4. The number of anilines is 1. The van der Waals surface area contributed by atoms with E-state index in [-0.39, 0.29) is 6.04 Å². The predicted octanol–water partition coefficient (Wildman–Crippen LogP) is 4.19. The molecule has 0 radical (unpaired) electrons. The third-order valence-corrected chi connectivity index (χ3v) is 6.61. The normalized spacial score (nSPS) is 16.7. The first-order chi connectivity index (χ1) is 14.1. The van der Waals surface area contributed by atoms with E-state index >= 15 is 0 Å². The van der Waals surface area contributed by atoms with Gasteiger partial charge in [-0.05, 0) is 56.6 Å². The van der Waals surface area contributed by atoms with Crippen LogP contribution in [-0.4, -0.2) is 53.1 Å². The fourth-order valence-electron chi connectivity index (χ4n) is 3.74. The van der Waals surface area contributed by atoms with Crippen molar-refractivity contribution in [2.24, 2.45) is 0 Å². The van der Waals surface area contributed by atoms with Crippen LogP contribution in [0.1, 0.15) is 23.9 Å². The molecule has 1 unspecified atom stereocenters. The molecule has 1 atom stereocenters. The van der Waals surface area contributed by atoms with Crippen LogP contribution in [0, 0.1) is 0 Å². The monoisotopic (exact) mass is 432 g/mol. The fraction of sp³-hybridized carbons (Fsp3) is 0.381. The first-order valence-electron chi connectivity index (χ1n) is 9.65. The van der Waals surface area contributed by atoms with Crippen LogP contribution < -0.4 is 9.64 Å². The van der Waals surface area contributed by atoms with E-state index in [2.05, 4.69) is 11.9 Å². The molecule has 0 amide bonds. The van der Waals surface area contributed by atoms with Gasteiger partial charge in [0.2, 0.25) is 0 Å². The Labute approximate surface area is 179 Å². The lowest BCUT2D eigenvalue weighted by Crippen LogP contribution is -2.45. The van der Waals surface area contributed by atoms with Gasteiger partial charge in [0.15, 0.2) is 12.0 Å². The molecule has 4 rings (SSSR count). The van der Waals surface area contributed by atoms with E-state index in [4.69, 9.17) is 21.4 Å². The average molecular weight is 433 g/mol. The molecule has 1 N–H and O–H groups in total. The molecule has 0 aliphatic carbocycles. The van der Waals surface area contributed by atoms with Gasteiger partial charge in [-0.2, -0.15) is 5.10 Å². The van der Waals surface area contributed by atoms with E-state index in [0.717, 1.165) is 42.3 Å². The molecule has 8 heteroatoms. The van der Waals surface area contributed by atoms with Crippen molar-refractivity contribution in [3.05, 3.63) is 57.9 Å². The molecule has 1 aromatic carbocycles. The van der Waals surface area contributed by atoms with Crippen molar-refractivity contribution in [2.45, 2.75) is 25.1 Å². The van der Waals surface area contributed by atoms with Crippen molar-refractivity contribution in [3.63, 3.8) is 0 Å². The molecule has 0 bridgehead atoms. The Morgan fingerprint density at radius 1 is 1.28 bits per heavy atom. The molecule has 0 saturated carbocycles. The molecule has 29 heavy (non-hydrogen) atoms. The average Bonchev–Trinajstić information content (AvgIpc) is 3.42. The number of thiophene rings is 1. The number of likely N-dealkylation sites (tertiary alicyclic amines) is 1. The minimum absolute atomic E-state index is 0.215. The minimum atomic E-state index is -0.729. The predicted molar refractivity (Wildman–Crippen MR) is 117 cm³/mol. The van der Waals surface area contributed by atoms with Crippen molar-refractivity contribution in [1.82, 2.24) is 14.7 Å². The van der Waals surface area contributed by atoms with E-state index in [0.29, 0.717) is 10.8 Å². The van der Waals surface area contributed by atoms with Crippen LogP contribution in [0.5, 0.6) is 5.75 Å². The summed E-state index contributed by atoms with van der Waals surface area (Å²) < 4.78 is 7.06. The third-order valence-electron chi connectivity index (χ3n) is 5.38. The van der Waals surface area contributed by atoms with Gasteiger partial charge in [-0.25, -0.2) is 4.68 Å². The van der Waals surface area contributed by atoms with Crippen LogP contribution in [-0.2, 0) is 0 Å². The molecule has 3 heterocycles.